The lowest BCUT2D eigenvalue weighted by atomic mass is 9.96. The van der Waals surface area contributed by atoms with E-state index in [2.05, 4.69) is 102 Å². The second kappa shape index (κ2) is 9.44. The Morgan fingerprint density at radius 1 is 0.500 bits per heavy atom. The standard InChI is InChI=1S/C42H23N5O/c1-2-10-26-24(9-1)17-19-34-39(26)46-38(41(44-34)33-14-7-8-20-43-33)25-16-18-30-31(21-25)27-11-3-4-13-29(27)40-42(30)47-23-36-32(22-37(47)45-40)28-12-5-6-15-35(28)48-36/h1-23H. The number of fused-ring (bicyclic) bond motifs is 14. The number of imidazole rings is 1. The average molecular weight is 614 g/mol. The number of nitrogens with zero attached hydrogens (tertiary/aromatic N) is 5. The van der Waals surface area contributed by atoms with Crippen molar-refractivity contribution in [3.05, 3.63) is 140 Å². The first kappa shape index (κ1) is 25.5. The second-order valence-corrected chi connectivity index (χ2v) is 12.3. The molecular formula is C42H23N5O. The van der Waals surface area contributed by atoms with Crippen molar-refractivity contribution in [1.29, 1.82) is 0 Å². The Labute approximate surface area is 272 Å². The Hall–Kier alpha value is -6.66. The molecule has 0 fully saturated rings. The van der Waals surface area contributed by atoms with E-state index in [1.807, 2.05) is 36.4 Å². The minimum absolute atomic E-state index is 0.755. The molecule has 0 amide bonds. The Bertz CT molecular complexity index is 3120. The summed E-state index contributed by atoms with van der Waals surface area (Å²) < 4.78 is 8.48. The van der Waals surface area contributed by atoms with E-state index in [-0.39, 0.29) is 0 Å². The minimum Gasteiger partial charge on any atom is -0.455 e. The Balaban J connectivity index is 1.24. The van der Waals surface area contributed by atoms with Crippen LogP contribution in [0.25, 0.3) is 105 Å². The monoisotopic (exact) mass is 613 g/mol. The van der Waals surface area contributed by atoms with Gasteiger partial charge in [0.05, 0.1) is 39.7 Å². The zero-order valence-electron chi connectivity index (χ0n) is 25.4. The normalized spacial score (nSPS) is 12.2. The summed E-state index contributed by atoms with van der Waals surface area (Å²) in [5.41, 5.74) is 9.63. The van der Waals surface area contributed by atoms with E-state index in [0.29, 0.717) is 0 Å². The molecule has 0 bridgehead atoms. The number of hydrogen-bond donors (Lipinski definition) is 0. The zero-order valence-corrected chi connectivity index (χ0v) is 25.4. The highest BCUT2D eigenvalue weighted by atomic mass is 16.3. The van der Waals surface area contributed by atoms with Crippen LogP contribution in [-0.4, -0.2) is 24.3 Å². The van der Waals surface area contributed by atoms with E-state index in [0.717, 1.165) is 105 Å². The van der Waals surface area contributed by atoms with E-state index < -0.39 is 0 Å². The lowest BCUT2D eigenvalue weighted by Gasteiger charge is -2.13. The number of hydrogen-bond acceptors (Lipinski definition) is 5. The third-order valence-electron chi connectivity index (χ3n) is 9.61. The van der Waals surface area contributed by atoms with Crippen LogP contribution in [0.2, 0.25) is 0 Å². The first-order chi connectivity index (χ1) is 23.8. The number of rotatable bonds is 2. The fraction of sp³-hybridized carbons (Fsp3) is 0. The third kappa shape index (κ3) is 3.51. The number of benzene rings is 6. The van der Waals surface area contributed by atoms with E-state index in [1.54, 1.807) is 6.20 Å². The van der Waals surface area contributed by atoms with E-state index >= 15 is 0 Å². The van der Waals surface area contributed by atoms with Gasteiger partial charge in [0.25, 0.3) is 0 Å². The molecule has 5 heterocycles. The van der Waals surface area contributed by atoms with Crippen LogP contribution in [0.5, 0.6) is 0 Å². The number of aromatic nitrogens is 5. The summed E-state index contributed by atoms with van der Waals surface area (Å²) in [6, 6.07) is 43.9. The van der Waals surface area contributed by atoms with Crippen molar-refractivity contribution < 1.29 is 4.42 Å². The summed E-state index contributed by atoms with van der Waals surface area (Å²) in [6.07, 6.45) is 3.89. The van der Waals surface area contributed by atoms with Gasteiger partial charge in [0.1, 0.15) is 16.9 Å². The van der Waals surface area contributed by atoms with Gasteiger partial charge in [-0.1, -0.05) is 91.0 Å². The molecule has 0 saturated carbocycles. The molecule has 0 unspecified atom stereocenters. The van der Waals surface area contributed by atoms with Gasteiger partial charge in [-0.25, -0.2) is 15.0 Å². The van der Waals surface area contributed by atoms with Crippen LogP contribution in [0.1, 0.15) is 0 Å². The molecular weight excluding hydrogens is 590 g/mol. The van der Waals surface area contributed by atoms with Crippen molar-refractivity contribution >= 4 is 82.0 Å². The maximum atomic E-state index is 6.31. The lowest BCUT2D eigenvalue weighted by molar-refractivity contribution is 0.666. The van der Waals surface area contributed by atoms with Crippen LogP contribution in [0.3, 0.4) is 0 Å². The fourth-order valence-electron chi connectivity index (χ4n) is 7.42. The minimum atomic E-state index is 0.755. The predicted molar refractivity (Wildman–Crippen MR) is 194 cm³/mol. The molecule has 0 spiro atoms. The van der Waals surface area contributed by atoms with Crippen LogP contribution >= 0.6 is 0 Å². The number of para-hydroxylation sites is 1. The molecule has 6 nitrogen and oxygen atoms in total. The average Bonchev–Trinajstić information content (AvgIpc) is 3.71. The molecule has 0 saturated heterocycles. The molecule has 222 valence electrons. The molecule has 11 rings (SSSR count). The van der Waals surface area contributed by atoms with Crippen LogP contribution in [0.4, 0.5) is 0 Å². The summed E-state index contributed by atoms with van der Waals surface area (Å²) in [5, 5.41) is 8.83. The van der Waals surface area contributed by atoms with Gasteiger partial charge in [-0.15, -0.1) is 0 Å². The summed E-state index contributed by atoms with van der Waals surface area (Å²) in [7, 11) is 0. The summed E-state index contributed by atoms with van der Waals surface area (Å²) in [4.78, 5) is 20.5. The van der Waals surface area contributed by atoms with Gasteiger partial charge >= 0.3 is 0 Å². The predicted octanol–water partition coefficient (Wildman–Crippen LogP) is 10.5. The Kier molecular flexibility index (Phi) is 5.02. The van der Waals surface area contributed by atoms with Gasteiger partial charge in [-0.2, -0.15) is 0 Å². The van der Waals surface area contributed by atoms with Crippen LogP contribution in [0.15, 0.2) is 144 Å². The van der Waals surface area contributed by atoms with Gasteiger partial charge in [0.15, 0.2) is 5.58 Å². The molecule has 48 heavy (non-hydrogen) atoms. The third-order valence-corrected chi connectivity index (χ3v) is 9.61. The first-order valence-corrected chi connectivity index (χ1v) is 16.0. The molecule has 0 aliphatic carbocycles. The smallest absolute Gasteiger partial charge is 0.152 e. The van der Waals surface area contributed by atoms with Crippen molar-refractivity contribution in [2.45, 2.75) is 0 Å². The molecule has 0 radical (unpaired) electrons. The number of furan rings is 1. The van der Waals surface area contributed by atoms with Gasteiger partial charge in [-0.3, -0.25) is 9.38 Å². The van der Waals surface area contributed by atoms with E-state index in [9.17, 15) is 0 Å². The molecule has 0 aliphatic rings. The van der Waals surface area contributed by atoms with Crippen molar-refractivity contribution in [2.75, 3.05) is 0 Å². The number of pyridine rings is 2. The van der Waals surface area contributed by atoms with Gasteiger partial charge in [0.2, 0.25) is 0 Å². The van der Waals surface area contributed by atoms with Crippen LogP contribution < -0.4 is 0 Å². The molecule has 0 atom stereocenters. The van der Waals surface area contributed by atoms with E-state index in [4.69, 9.17) is 24.4 Å². The van der Waals surface area contributed by atoms with Crippen molar-refractivity contribution in [3.63, 3.8) is 0 Å². The van der Waals surface area contributed by atoms with Crippen LogP contribution in [0, 0.1) is 0 Å². The van der Waals surface area contributed by atoms with Gasteiger partial charge < -0.3 is 4.42 Å². The lowest BCUT2D eigenvalue weighted by Crippen LogP contribution is -1.97. The molecule has 5 aromatic heterocycles. The second-order valence-electron chi connectivity index (χ2n) is 12.3. The summed E-state index contributed by atoms with van der Waals surface area (Å²) in [6.45, 7) is 0. The highest BCUT2D eigenvalue weighted by Crippen LogP contribution is 2.40. The van der Waals surface area contributed by atoms with Crippen molar-refractivity contribution in [3.8, 4) is 22.6 Å². The molecule has 6 aromatic carbocycles. The maximum Gasteiger partial charge on any atom is 0.152 e. The van der Waals surface area contributed by atoms with Gasteiger partial charge in [0, 0.05) is 38.7 Å². The fourth-order valence-corrected chi connectivity index (χ4v) is 7.42. The van der Waals surface area contributed by atoms with Crippen molar-refractivity contribution in [2.24, 2.45) is 0 Å². The Morgan fingerprint density at radius 3 is 2.21 bits per heavy atom. The van der Waals surface area contributed by atoms with E-state index in [1.165, 1.54) is 0 Å². The molecule has 0 aliphatic heterocycles. The highest BCUT2D eigenvalue weighted by Gasteiger charge is 2.20. The zero-order chi connectivity index (χ0) is 31.3. The molecule has 11 aromatic rings. The van der Waals surface area contributed by atoms with Gasteiger partial charge in [-0.05, 0) is 52.6 Å². The SMILES string of the molecule is c1ccc(-c2nc3ccc4ccccc4c3nc2-c2ccc3c(c2)c2ccccc2c2nc4cc5c(cn4c32)oc2ccccc25)nc1. The Morgan fingerprint density at radius 2 is 1.31 bits per heavy atom. The largest absolute Gasteiger partial charge is 0.455 e. The van der Waals surface area contributed by atoms with Crippen LogP contribution in [-0.2, 0) is 0 Å². The van der Waals surface area contributed by atoms with Crippen molar-refractivity contribution in [1.82, 2.24) is 24.3 Å². The highest BCUT2D eigenvalue weighted by molar-refractivity contribution is 6.25. The summed E-state index contributed by atoms with van der Waals surface area (Å²) >= 11 is 0. The molecule has 6 heteroatoms. The first-order valence-electron chi connectivity index (χ1n) is 16.0. The quantitative estimate of drug-likeness (QED) is 0.181. The topological polar surface area (TPSA) is 69.1 Å². The molecule has 0 N–H and O–H groups in total. The summed E-state index contributed by atoms with van der Waals surface area (Å²) in [5.74, 6) is 0. The maximum absolute atomic E-state index is 6.31.